The van der Waals surface area contributed by atoms with Crippen molar-refractivity contribution in [2.45, 2.75) is 58.4 Å². The molecule has 0 bridgehead atoms. The number of carbonyl (C=O) groups excluding carboxylic acids is 1. The summed E-state index contributed by atoms with van der Waals surface area (Å²) >= 11 is 6.01. The van der Waals surface area contributed by atoms with Gasteiger partial charge in [-0.25, -0.2) is 4.98 Å². The Kier molecular flexibility index (Phi) is 5.03. The molecule has 1 atom stereocenters. The van der Waals surface area contributed by atoms with Crippen LogP contribution in [-0.2, 0) is 0 Å². The van der Waals surface area contributed by atoms with E-state index in [1.165, 1.54) is 12.8 Å². The number of pyridine rings is 1. The Hall–Kier alpha value is -1.09. The molecular weight excluding hydrogens is 272 g/mol. The number of halogens is 1. The van der Waals surface area contributed by atoms with Crippen LogP contribution in [0.2, 0.25) is 5.15 Å². The van der Waals surface area contributed by atoms with Gasteiger partial charge in [-0.15, -0.1) is 0 Å². The largest absolute Gasteiger partial charge is 0.349 e. The molecule has 0 aromatic carbocycles. The highest BCUT2D eigenvalue weighted by Gasteiger charge is 2.25. The van der Waals surface area contributed by atoms with Gasteiger partial charge in [-0.2, -0.15) is 0 Å². The van der Waals surface area contributed by atoms with E-state index in [1.54, 1.807) is 6.07 Å². The minimum absolute atomic E-state index is 0.0382. The fraction of sp³-hybridized carbons (Fsp3) is 0.625. The van der Waals surface area contributed by atoms with E-state index in [1.807, 2.05) is 19.9 Å². The second kappa shape index (κ2) is 6.57. The van der Waals surface area contributed by atoms with Crippen LogP contribution >= 0.6 is 11.6 Å². The van der Waals surface area contributed by atoms with Gasteiger partial charge in [0.05, 0.1) is 0 Å². The SMILES string of the molecule is CCC(CC1CC1)NC(=O)c1cc(Cl)nc(C(C)C)c1. The monoisotopic (exact) mass is 294 g/mol. The molecule has 1 fully saturated rings. The number of hydrogen-bond acceptors (Lipinski definition) is 2. The summed E-state index contributed by atoms with van der Waals surface area (Å²) < 4.78 is 0. The molecule has 0 radical (unpaired) electrons. The van der Waals surface area contributed by atoms with Crippen molar-refractivity contribution in [3.05, 3.63) is 28.5 Å². The summed E-state index contributed by atoms with van der Waals surface area (Å²) in [5.41, 5.74) is 1.47. The molecule has 1 aliphatic carbocycles. The molecule has 1 aromatic heterocycles. The number of carbonyl (C=O) groups is 1. The lowest BCUT2D eigenvalue weighted by molar-refractivity contribution is 0.0932. The summed E-state index contributed by atoms with van der Waals surface area (Å²) in [5, 5.41) is 3.51. The number of nitrogens with one attached hydrogen (secondary N) is 1. The number of hydrogen-bond donors (Lipinski definition) is 1. The van der Waals surface area contributed by atoms with Crippen LogP contribution < -0.4 is 5.32 Å². The van der Waals surface area contributed by atoms with Gasteiger partial charge in [0, 0.05) is 17.3 Å². The Labute approximate surface area is 126 Å². The van der Waals surface area contributed by atoms with Gasteiger partial charge in [-0.3, -0.25) is 4.79 Å². The van der Waals surface area contributed by atoms with E-state index < -0.39 is 0 Å². The van der Waals surface area contributed by atoms with Gasteiger partial charge in [0.15, 0.2) is 0 Å². The number of nitrogens with zero attached hydrogens (tertiary/aromatic N) is 1. The highest BCUT2D eigenvalue weighted by Crippen LogP contribution is 2.34. The lowest BCUT2D eigenvalue weighted by Gasteiger charge is -2.17. The van der Waals surface area contributed by atoms with Crippen molar-refractivity contribution < 1.29 is 4.79 Å². The first-order valence-electron chi connectivity index (χ1n) is 7.48. The van der Waals surface area contributed by atoms with Crippen molar-refractivity contribution in [3.8, 4) is 0 Å². The molecule has 20 heavy (non-hydrogen) atoms. The van der Waals surface area contributed by atoms with Gasteiger partial charge in [0.2, 0.25) is 0 Å². The summed E-state index contributed by atoms with van der Waals surface area (Å²) in [7, 11) is 0. The van der Waals surface area contributed by atoms with E-state index in [-0.39, 0.29) is 17.9 Å². The van der Waals surface area contributed by atoms with Gasteiger partial charge < -0.3 is 5.32 Å². The van der Waals surface area contributed by atoms with Gasteiger partial charge in [0.25, 0.3) is 5.91 Å². The van der Waals surface area contributed by atoms with Gasteiger partial charge in [0.1, 0.15) is 5.15 Å². The maximum absolute atomic E-state index is 12.3. The Bertz CT molecular complexity index is 483. The molecule has 0 aliphatic heterocycles. The van der Waals surface area contributed by atoms with Crippen molar-refractivity contribution in [3.63, 3.8) is 0 Å². The average molecular weight is 295 g/mol. The van der Waals surface area contributed by atoms with Crippen molar-refractivity contribution in [2.24, 2.45) is 5.92 Å². The van der Waals surface area contributed by atoms with Crippen LogP contribution in [0.4, 0.5) is 0 Å². The molecule has 2 rings (SSSR count). The van der Waals surface area contributed by atoms with E-state index in [2.05, 4.69) is 17.2 Å². The molecule has 0 saturated heterocycles. The molecule has 1 amide bonds. The summed E-state index contributed by atoms with van der Waals surface area (Å²) in [6.07, 6.45) is 4.69. The van der Waals surface area contributed by atoms with Crippen molar-refractivity contribution in [1.29, 1.82) is 0 Å². The zero-order valence-electron chi connectivity index (χ0n) is 12.4. The molecule has 3 nitrogen and oxygen atoms in total. The number of rotatable bonds is 6. The maximum atomic E-state index is 12.3. The fourth-order valence-electron chi connectivity index (χ4n) is 2.30. The summed E-state index contributed by atoms with van der Waals surface area (Å²) in [6, 6.07) is 3.76. The molecule has 1 saturated carbocycles. The lowest BCUT2D eigenvalue weighted by atomic mass is 10.1. The molecule has 1 aliphatic rings. The van der Waals surface area contributed by atoms with Gasteiger partial charge >= 0.3 is 0 Å². The summed E-state index contributed by atoms with van der Waals surface area (Å²) in [6.45, 7) is 6.21. The third-order valence-electron chi connectivity index (χ3n) is 3.81. The zero-order chi connectivity index (χ0) is 14.7. The Morgan fingerprint density at radius 2 is 2.15 bits per heavy atom. The van der Waals surface area contributed by atoms with Crippen LogP contribution in [-0.4, -0.2) is 16.9 Å². The van der Waals surface area contributed by atoms with Crippen LogP contribution in [0.3, 0.4) is 0 Å². The summed E-state index contributed by atoms with van der Waals surface area (Å²) in [5.74, 6) is 1.03. The second-order valence-electron chi connectivity index (χ2n) is 6.02. The van der Waals surface area contributed by atoms with Crippen LogP contribution in [0, 0.1) is 5.92 Å². The van der Waals surface area contributed by atoms with Gasteiger partial charge in [-0.1, -0.05) is 45.2 Å². The first-order valence-corrected chi connectivity index (χ1v) is 7.85. The van der Waals surface area contributed by atoms with E-state index in [9.17, 15) is 4.79 Å². The molecule has 1 heterocycles. The summed E-state index contributed by atoms with van der Waals surface area (Å²) in [4.78, 5) is 16.6. The first-order chi connectivity index (χ1) is 9.49. The number of amides is 1. The topological polar surface area (TPSA) is 42.0 Å². The third kappa shape index (κ3) is 4.20. The van der Waals surface area contributed by atoms with Crippen LogP contribution in [0.25, 0.3) is 0 Å². The quantitative estimate of drug-likeness (QED) is 0.800. The van der Waals surface area contributed by atoms with Gasteiger partial charge in [-0.05, 0) is 36.8 Å². The Morgan fingerprint density at radius 3 is 2.70 bits per heavy atom. The molecule has 110 valence electrons. The van der Waals surface area contributed by atoms with E-state index in [0.29, 0.717) is 10.7 Å². The maximum Gasteiger partial charge on any atom is 0.251 e. The van der Waals surface area contributed by atoms with Crippen LogP contribution in [0.1, 0.15) is 68.4 Å². The highest BCUT2D eigenvalue weighted by atomic mass is 35.5. The van der Waals surface area contributed by atoms with Crippen molar-refractivity contribution in [2.75, 3.05) is 0 Å². The second-order valence-corrected chi connectivity index (χ2v) is 6.40. The predicted octanol–water partition coefficient (Wildman–Crippen LogP) is 4.17. The standard InChI is InChI=1S/C16H23ClN2O/c1-4-13(7-11-5-6-11)18-16(20)12-8-14(10(2)3)19-15(17)9-12/h8-11,13H,4-7H2,1-3H3,(H,18,20). The third-order valence-corrected chi connectivity index (χ3v) is 4.00. The molecule has 1 unspecified atom stereocenters. The normalized spacial score (nSPS) is 16.2. The van der Waals surface area contributed by atoms with Crippen molar-refractivity contribution >= 4 is 17.5 Å². The predicted molar refractivity (Wildman–Crippen MR) is 82.2 cm³/mol. The molecule has 1 N–H and O–H groups in total. The molecule has 0 spiro atoms. The zero-order valence-corrected chi connectivity index (χ0v) is 13.2. The molecule has 1 aromatic rings. The Morgan fingerprint density at radius 1 is 1.45 bits per heavy atom. The average Bonchev–Trinajstić information content (AvgIpc) is 3.21. The first kappa shape index (κ1) is 15.3. The van der Waals surface area contributed by atoms with Crippen molar-refractivity contribution in [1.82, 2.24) is 10.3 Å². The lowest BCUT2D eigenvalue weighted by Crippen LogP contribution is -2.34. The van der Waals surface area contributed by atoms with E-state index in [4.69, 9.17) is 11.6 Å². The smallest absolute Gasteiger partial charge is 0.251 e. The van der Waals surface area contributed by atoms with E-state index >= 15 is 0 Å². The fourth-order valence-corrected chi connectivity index (χ4v) is 2.51. The molecular formula is C16H23ClN2O. The van der Waals surface area contributed by atoms with Crippen LogP contribution in [0.15, 0.2) is 12.1 Å². The Balaban J connectivity index is 2.07. The number of aromatic nitrogens is 1. The van der Waals surface area contributed by atoms with E-state index in [0.717, 1.165) is 24.5 Å². The highest BCUT2D eigenvalue weighted by molar-refractivity contribution is 6.29. The minimum atomic E-state index is -0.0382. The van der Waals surface area contributed by atoms with Crippen LogP contribution in [0.5, 0.6) is 0 Å². The molecule has 4 heteroatoms. The minimum Gasteiger partial charge on any atom is -0.349 e.